The van der Waals surface area contributed by atoms with Crippen molar-refractivity contribution in [1.82, 2.24) is 15.5 Å². The number of benzene rings is 1. The van der Waals surface area contributed by atoms with Gasteiger partial charge < -0.3 is 20.3 Å². The molecule has 0 bridgehead atoms. The highest BCUT2D eigenvalue weighted by atomic mass is 80.0. The van der Waals surface area contributed by atoms with Gasteiger partial charge in [-0.2, -0.15) is 13.2 Å². The van der Waals surface area contributed by atoms with Gasteiger partial charge in [-0.25, -0.2) is 9.18 Å². The van der Waals surface area contributed by atoms with Gasteiger partial charge in [-0.1, -0.05) is 47.8 Å². The number of hydrogen-bond donors (Lipinski definition) is 2. The van der Waals surface area contributed by atoms with E-state index < -0.39 is 38.4 Å². The summed E-state index contributed by atoms with van der Waals surface area (Å²) in [7, 11) is 0. The van der Waals surface area contributed by atoms with Crippen molar-refractivity contribution >= 4 is 77.1 Å². The Balaban J connectivity index is 1.64. The third-order valence-electron chi connectivity index (χ3n) is 5.55. The van der Waals surface area contributed by atoms with Gasteiger partial charge in [0.25, 0.3) is 0 Å². The predicted molar refractivity (Wildman–Crippen MR) is 134 cm³/mol. The van der Waals surface area contributed by atoms with Gasteiger partial charge in [0.05, 0.1) is 24.5 Å². The van der Waals surface area contributed by atoms with E-state index in [0.29, 0.717) is 5.69 Å². The molecule has 0 aliphatic carbocycles. The fraction of sp³-hybridized carbons (Fsp3) is 0.550. The van der Waals surface area contributed by atoms with E-state index in [4.69, 9.17) is 4.74 Å². The summed E-state index contributed by atoms with van der Waals surface area (Å²) in [4.78, 5) is 39.4. The van der Waals surface area contributed by atoms with E-state index >= 15 is 4.39 Å². The number of nitrogens with one attached hydrogen (secondary N) is 2. The maximum atomic E-state index is 15.0. The molecule has 36 heavy (non-hydrogen) atoms. The van der Waals surface area contributed by atoms with E-state index in [1.165, 1.54) is 24.0 Å². The molecule has 2 saturated heterocycles. The van der Waals surface area contributed by atoms with Crippen LogP contribution >= 0.6 is 47.8 Å². The Bertz CT molecular complexity index is 1000. The maximum Gasteiger partial charge on any atom is 0.471 e. The summed E-state index contributed by atoms with van der Waals surface area (Å²) in [6, 6.07) is 4.29. The molecule has 9 nitrogen and oxygen atoms in total. The van der Waals surface area contributed by atoms with Crippen LogP contribution in [0.4, 0.5) is 33.7 Å². The number of amides is 3. The summed E-state index contributed by atoms with van der Waals surface area (Å²) in [6.45, 7) is 2.61. The van der Waals surface area contributed by atoms with Crippen LogP contribution in [0, 0.1) is 5.82 Å². The van der Waals surface area contributed by atoms with Crippen LogP contribution in [-0.2, 0) is 14.3 Å². The molecule has 3 amide bonds. The van der Waals surface area contributed by atoms with Crippen molar-refractivity contribution in [1.29, 1.82) is 0 Å². The van der Waals surface area contributed by atoms with Crippen molar-refractivity contribution < 1.29 is 36.7 Å². The first-order valence-electron chi connectivity index (χ1n) is 10.6. The number of carbonyl (C=O) groups is 3. The van der Waals surface area contributed by atoms with Crippen molar-refractivity contribution in [3.8, 4) is 0 Å². The molecule has 200 valence electrons. The highest BCUT2D eigenvalue weighted by molar-refractivity contribution is 9.39. The molecule has 0 spiro atoms. The van der Waals surface area contributed by atoms with Crippen molar-refractivity contribution in [2.45, 2.75) is 27.5 Å². The molecule has 16 heteroatoms. The van der Waals surface area contributed by atoms with E-state index in [0.717, 1.165) is 0 Å². The average Bonchev–Trinajstić information content (AvgIpc) is 3.15. The number of halogens is 7. The van der Waals surface area contributed by atoms with E-state index in [-0.39, 0.29) is 50.9 Å². The highest BCUT2D eigenvalue weighted by Gasteiger charge is 2.45. The number of nitrogens with zero attached hydrogens (tertiary/aromatic N) is 3. The first kappa shape index (κ1) is 28.9. The fourth-order valence-electron chi connectivity index (χ4n) is 3.82. The Morgan fingerprint density at radius 2 is 1.81 bits per heavy atom. The van der Waals surface area contributed by atoms with Crippen LogP contribution in [0.15, 0.2) is 18.2 Å². The molecule has 1 aromatic carbocycles. The van der Waals surface area contributed by atoms with E-state index in [2.05, 4.69) is 53.1 Å². The van der Waals surface area contributed by atoms with Crippen LogP contribution in [0.2, 0.25) is 0 Å². The summed E-state index contributed by atoms with van der Waals surface area (Å²) >= 11 is 9.56. The molecule has 2 fully saturated rings. The molecule has 2 aliphatic heterocycles. The molecule has 2 N–H and O–H groups in total. The average molecular weight is 712 g/mol. The van der Waals surface area contributed by atoms with Crippen molar-refractivity contribution in [2.75, 3.05) is 49.1 Å². The number of carbonyl (C=O) groups excluding carboxylic acids is 3. The van der Waals surface area contributed by atoms with E-state index in [1.54, 1.807) is 15.9 Å². The number of alkyl halides is 6. The van der Waals surface area contributed by atoms with Gasteiger partial charge >= 0.3 is 18.2 Å². The lowest BCUT2D eigenvalue weighted by Crippen LogP contribution is -2.61. The highest BCUT2D eigenvalue weighted by Crippen LogP contribution is 2.39. The molecule has 0 saturated carbocycles. The topological polar surface area (TPSA) is 94.2 Å². The summed E-state index contributed by atoms with van der Waals surface area (Å²) in [5.41, 5.74) is 0.558. The van der Waals surface area contributed by atoms with Crippen molar-refractivity contribution in [3.63, 3.8) is 0 Å². The van der Waals surface area contributed by atoms with E-state index in [9.17, 15) is 27.6 Å². The molecule has 2 atom stereocenters. The van der Waals surface area contributed by atoms with Gasteiger partial charge in [-0.15, -0.1) is 0 Å². The second-order valence-corrected chi connectivity index (χ2v) is 15.1. The normalized spacial score (nSPS) is 20.2. The number of piperazine rings is 1. The minimum absolute atomic E-state index is 0.144. The zero-order valence-corrected chi connectivity index (χ0v) is 23.5. The lowest BCUT2D eigenvalue weighted by Gasteiger charge is -2.43. The fourth-order valence-corrected chi connectivity index (χ4v) is 5.04. The molecule has 0 radical (unpaired) electrons. The number of anilines is 2. The summed E-state index contributed by atoms with van der Waals surface area (Å²) in [5, 5.41) is 4.52. The van der Waals surface area contributed by atoms with Crippen LogP contribution in [0.25, 0.3) is 0 Å². The van der Waals surface area contributed by atoms with Gasteiger partial charge in [-0.3, -0.25) is 19.4 Å². The predicted octanol–water partition coefficient (Wildman–Crippen LogP) is 3.25. The molecule has 1 aromatic rings. The Kier molecular flexibility index (Phi) is 9.15. The zero-order chi connectivity index (χ0) is 26.8. The summed E-state index contributed by atoms with van der Waals surface area (Å²) < 4.78 is 57.3. The summed E-state index contributed by atoms with van der Waals surface area (Å²) in [6.07, 6.45) is -7.36. The maximum absolute atomic E-state index is 15.0. The Labute approximate surface area is 229 Å². The van der Waals surface area contributed by atoms with Gasteiger partial charge in [0.2, 0.25) is 5.91 Å². The Morgan fingerprint density at radius 3 is 2.33 bits per heavy atom. The third kappa shape index (κ3) is 7.22. The Morgan fingerprint density at radius 1 is 1.17 bits per heavy atom. The van der Waals surface area contributed by atoms with Gasteiger partial charge in [-0.05, 0) is 18.2 Å². The smallest absolute Gasteiger partial charge is 0.442 e. The lowest BCUT2D eigenvalue weighted by atomic mass is 10.2. The summed E-state index contributed by atoms with van der Waals surface area (Å²) in [5.74, 6) is -2.93. The number of rotatable bonds is 6. The van der Waals surface area contributed by atoms with Crippen LogP contribution < -0.4 is 20.4 Å². The molecule has 2 heterocycles. The molecule has 2 aliphatic rings. The molecular weight excluding hydrogens is 690 g/mol. The van der Waals surface area contributed by atoms with E-state index in [1.807, 2.05) is 5.32 Å². The second kappa shape index (κ2) is 11.4. The van der Waals surface area contributed by atoms with Crippen molar-refractivity contribution in [2.24, 2.45) is 0 Å². The molecule has 1 unspecified atom stereocenters. The second-order valence-electron chi connectivity index (χ2n) is 8.13. The van der Waals surface area contributed by atoms with Crippen LogP contribution in [0.3, 0.4) is 0 Å². The number of cyclic esters (lactones) is 1. The van der Waals surface area contributed by atoms with Crippen LogP contribution in [-0.4, -0.2) is 82.7 Å². The first-order chi connectivity index (χ1) is 16.7. The van der Waals surface area contributed by atoms with Gasteiger partial charge in [0.15, 0.2) is 2.14 Å². The standard InChI is InChI=1S/C20H22Br3F4N5O4/c1-11(33)28-9-13-10-32(18(35)36-13)12-2-3-15(14(24)8-12)30-4-6-31(7-5-30)16(19(21,22)23)29-17(34)20(25,26)27/h2-3,8,13,16H,4-7,9-10H2,1H3,(H,28,33)(H,29,34)/t13-,16?/m0/s1. The zero-order valence-electron chi connectivity index (χ0n) is 18.7. The van der Waals surface area contributed by atoms with Gasteiger partial charge in [0, 0.05) is 33.1 Å². The number of ether oxygens (including phenoxy) is 1. The van der Waals surface area contributed by atoms with Gasteiger partial charge in [0.1, 0.15) is 18.1 Å². The molecule has 3 rings (SSSR count). The largest absolute Gasteiger partial charge is 0.471 e. The quantitative estimate of drug-likeness (QED) is 0.348. The van der Waals surface area contributed by atoms with Crippen molar-refractivity contribution in [3.05, 3.63) is 24.0 Å². The van der Waals surface area contributed by atoms with Crippen LogP contribution in [0.5, 0.6) is 0 Å². The SMILES string of the molecule is CC(=O)NC[C@H]1CN(c2ccc(N3CCN(C(NC(=O)C(F)(F)F)C(Br)(Br)Br)CC3)c(F)c2)C(=O)O1. The Hall–Kier alpha value is -1.65. The molecular formula is C20H22Br3F4N5O4. The van der Waals surface area contributed by atoms with Crippen LogP contribution in [0.1, 0.15) is 6.92 Å². The lowest BCUT2D eigenvalue weighted by molar-refractivity contribution is -0.175. The first-order valence-corrected chi connectivity index (χ1v) is 13.0. The minimum Gasteiger partial charge on any atom is -0.442 e. The monoisotopic (exact) mass is 709 g/mol. The third-order valence-corrected chi connectivity index (χ3v) is 6.85. The minimum atomic E-state index is -5.05. The molecule has 0 aromatic heterocycles. The number of hydrogen-bond acceptors (Lipinski definition) is 6.